The fraction of sp³-hybridized carbons (Fsp3) is 0.700. The van der Waals surface area contributed by atoms with Crippen LogP contribution in [-0.4, -0.2) is 18.5 Å². The lowest BCUT2D eigenvalue weighted by Gasteiger charge is -2.23. The van der Waals surface area contributed by atoms with Crippen LogP contribution >= 0.6 is 0 Å². The molecule has 0 bridgehead atoms. The predicted octanol–water partition coefficient (Wildman–Crippen LogP) is 2.69. The Hall–Kier alpha value is -0.930. The molecule has 1 fully saturated rings. The highest BCUT2D eigenvalue weighted by Gasteiger charge is 2.32. The van der Waals surface area contributed by atoms with Crippen LogP contribution in [0.5, 0.6) is 0 Å². The van der Waals surface area contributed by atoms with E-state index in [1.165, 1.54) is 6.08 Å². The number of carbonyl (C=O) groups excluding carboxylic acids is 1. The predicted molar refractivity (Wildman–Crippen MR) is 48.1 cm³/mol. The SMILES string of the molecule is CCOC(=O)C=C1CCC(F)(F)CC1. The second kappa shape index (κ2) is 4.53. The summed E-state index contributed by atoms with van der Waals surface area (Å²) < 4.78 is 30.1. The van der Waals surface area contributed by atoms with Crippen molar-refractivity contribution in [1.82, 2.24) is 0 Å². The van der Waals surface area contributed by atoms with E-state index in [1.54, 1.807) is 6.92 Å². The van der Waals surface area contributed by atoms with Gasteiger partial charge in [0.15, 0.2) is 0 Å². The molecule has 1 rings (SSSR count). The fourth-order valence-corrected chi connectivity index (χ4v) is 1.43. The molecule has 0 aromatic carbocycles. The van der Waals surface area contributed by atoms with Gasteiger partial charge < -0.3 is 4.74 Å². The van der Waals surface area contributed by atoms with Gasteiger partial charge in [0.2, 0.25) is 5.92 Å². The second-order valence-electron chi connectivity index (χ2n) is 3.41. The quantitative estimate of drug-likeness (QED) is 0.510. The Labute approximate surface area is 81.9 Å². The number of ether oxygens (including phenoxy) is 1. The summed E-state index contributed by atoms with van der Waals surface area (Å²) in [5, 5.41) is 0. The Morgan fingerprint density at radius 1 is 1.50 bits per heavy atom. The molecule has 0 unspecified atom stereocenters. The van der Waals surface area contributed by atoms with E-state index in [9.17, 15) is 13.6 Å². The molecule has 0 radical (unpaired) electrons. The minimum Gasteiger partial charge on any atom is -0.463 e. The highest BCUT2D eigenvalue weighted by molar-refractivity contribution is 5.82. The summed E-state index contributed by atoms with van der Waals surface area (Å²) in [7, 11) is 0. The molecule has 0 aromatic rings. The van der Waals surface area contributed by atoms with Crippen molar-refractivity contribution in [1.29, 1.82) is 0 Å². The molecule has 14 heavy (non-hydrogen) atoms. The summed E-state index contributed by atoms with van der Waals surface area (Å²) in [5.41, 5.74) is 0.773. The maximum absolute atomic E-state index is 12.7. The van der Waals surface area contributed by atoms with Crippen LogP contribution in [0.4, 0.5) is 8.78 Å². The number of esters is 1. The molecule has 4 heteroatoms. The number of hydrogen-bond donors (Lipinski definition) is 0. The summed E-state index contributed by atoms with van der Waals surface area (Å²) in [5.74, 6) is -2.97. The van der Waals surface area contributed by atoms with Crippen molar-refractivity contribution in [2.45, 2.75) is 38.5 Å². The zero-order valence-corrected chi connectivity index (χ0v) is 8.19. The normalized spacial score (nSPS) is 20.4. The number of halogens is 2. The van der Waals surface area contributed by atoms with Gasteiger partial charge in [-0.05, 0) is 19.8 Å². The first-order valence-corrected chi connectivity index (χ1v) is 4.77. The molecule has 0 heterocycles. The lowest BCUT2D eigenvalue weighted by molar-refractivity contribution is -0.137. The van der Waals surface area contributed by atoms with E-state index in [4.69, 9.17) is 4.74 Å². The lowest BCUT2D eigenvalue weighted by Crippen LogP contribution is -2.21. The van der Waals surface area contributed by atoms with E-state index in [0.29, 0.717) is 19.4 Å². The topological polar surface area (TPSA) is 26.3 Å². The average Bonchev–Trinajstić information content (AvgIpc) is 2.09. The molecule has 0 N–H and O–H groups in total. The molecule has 2 nitrogen and oxygen atoms in total. The van der Waals surface area contributed by atoms with E-state index in [2.05, 4.69) is 0 Å². The average molecular weight is 204 g/mol. The van der Waals surface area contributed by atoms with Crippen LogP contribution < -0.4 is 0 Å². The van der Waals surface area contributed by atoms with Crippen LogP contribution in [-0.2, 0) is 9.53 Å². The van der Waals surface area contributed by atoms with Crippen LogP contribution in [0.25, 0.3) is 0 Å². The fourth-order valence-electron chi connectivity index (χ4n) is 1.43. The molecule has 1 aliphatic carbocycles. The van der Waals surface area contributed by atoms with Crippen molar-refractivity contribution in [3.8, 4) is 0 Å². The van der Waals surface area contributed by atoms with Crippen LogP contribution in [0.3, 0.4) is 0 Å². The lowest BCUT2D eigenvalue weighted by atomic mass is 9.92. The van der Waals surface area contributed by atoms with Gasteiger partial charge in [-0.25, -0.2) is 13.6 Å². The van der Waals surface area contributed by atoms with Gasteiger partial charge in [0.05, 0.1) is 6.61 Å². The summed E-state index contributed by atoms with van der Waals surface area (Å²) in [6.07, 6.45) is 1.63. The maximum atomic E-state index is 12.7. The van der Waals surface area contributed by atoms with Gasteiger partial charge in [0.25, 0.3) is 0 Å². The Morgan fingerprint density at radius 3 is 2.57 bits per heavy atom. The number of carbonyl (C=O) groups is 1. The van der Waals surface area contributed by atoms with Gasteiger partial charge in [-0.1, -0.05) is 5.57 Å². The number of allylic oxidation sites excluding steroid dienone is 1. The molecule has 1 saturated carbocycles. The largest absolute Gasteiger partial charge is 0.463 e. The number of alkyl halides is 2. The van der Waals surface area contributed by atoms with Crippen LogP contribution in [0, 0.1) is 0 Å². The van der Waals surface area contributed by atoms with Gasteiger partial charge in [-0.15, -0.1) is 0 Å². The molecule has 80 valence electrons. The van der Waals surface area contributed by atoms with Gasteiger partial charge in [0.1, 0.15) is 0 Å². The zero-order chi connectivity index (χ0) is 10.6. The number of hydrogen-bond acceptors (Lipinski definition) is 2. The van der Waals surface area contributed by atoms with Crippen molar-refractivity contribution in [3.63, 3.8) is 0 Å². The molecule has 0 aromatic heterocycles. The van der Waals surface area contributed by atoms with E-state index in [1.807, 2.05) is 0 Å². The number of rotatable bonds is 2. The minimum atomic E-state index is -2.55. The van der Waals surface area contributed by atoms with Crippen molar-refractivity contribution in [3.05, 3.63) is 11.6 Å². The smallest absolute Gasteiger partial charge is 0.330 e. The van der Waals surface area contributed by atoms with Crippen LogP contribution in [0.1, 0.15) is 32.6 Å². The van der Waals surface area contributed by atoms with Gasteiger partial charge >= 0.3 is 5.97 Å². The summed E-state index contributed by atoms with van der Waals surface area (Å²) in [6.45, 7) is 2.03. The molecule has 0 spiro atoms. The first-order chi connectivity index (χ1) is 6.53. The highest BCUT2D eigenvalue weighted by Crippen LogP contribution is 2.35. The summed E-state index contributed by atoms with van der Waals surface area (Å²) in [4.78, 5) is 11.0. The van der Waals surface area contributed by atoms with Crippen molar-refractivity contribution in [2.24, 2.45) is 0 Å². The van der Waals surface area contributed by atoms with E-state index < -0.39 is 11.9 Å². The Balaban J connectivity index is 2.45. The van der Waals surface area contributed by atoms with E-state index in [-0.39, 0.29) is 12.8 Å². The minimum absolute atomic E-state index is 0.155. The van der Waals surface area contributed by atoms with Gasteiger partial charge in [-0.3, -0.25) is 0 Å². The Kier molecular flexibility index (Phi) is 3.61. The highest BCUT2D eigenvalue weighted by atomic mass is 19.3. The first kappa shape index (κ1) is 11.1. The van der Waals surface area contributed by atoms with Crippen LogP contribution in [0.15, 0.2) is 11.6 Å². The zero-order valence-electron chi connectivity index (χ0n) is 8.19. The Morgan fingerprint density at radius 2 is 2.07 bits per heavy atom. The van der Waals surface area contributed by atoms with E-state index >= 15 is 0 Å². The van der Waals surface area contributed by atoms with E-state index in [0.717, 1.165) is 5.57 Å². The molecular weight excluding hydrogens is 190 g/mol. The molecule has 0 atom stereocenters. The second-order valence-corrected chi connectivity index (χ2v) is 3.41. The standard InChI is InChI=1S/C10H14F2O2/c1-2-14-9(13)7-8-3-5-10(11,12)6-4-8/h7H,2-6H2,1H3. The van der Waals surface area contributed by atoms with Crippen LogP contribution in [0.2, 0.25) is 0 Å². The van der Waals surface area contributed by atoms with Crippen molar-refractivity contribution >= 4 is 5.97 Å². The van der Waals surface area contributed by atoms with Gasteiger partial charge in [-0.2, -0.15) is 0 Å². The van der Waals surface area contributed by atoms with Gasteiger partial charge in [0, 0.05) is 18.9 Å². The molecular formula is C10H14F2O2. The molecule has 0 aliphatic heterocycles. The molecule has 0 saturated heterocycles. The third-order valence-corrected chi connectivity index (χ3v) is 2.23. The van der Waals surface area contributed by atoms with Crippen molar-refractivity contribution in [2.75, 3.05) is 6.61 Å². The Bertz CT molecular complexity index is 235. The monoisotopic (exact) mass is 204 g/mol. The first-order valence-electron chi connectivity index (χ1n) is 4.77. The molecule has 0 amide bonds. The third kappa shape index (κ3) is 3.44. The summed E-state index contributed by atoms with van der Waals surface area (Å²) >= 11 is 0. The summed E-state index contributed by atoms with van der Waals surface area (Å²) in [6, 6.07) is 0. The van der Waals surface area contributed by atoms with Crippen molar-refractivity contribution < 1.29 is 18.3 Å². The third-order valence-electron chi connectivity index (χ3n) is 2.23. The molecule has 1 aliphatic rings. The maximum Gasteiger partial charge on any atom is 0.330 e.